The van der Waals surface area contributed by atoms with Gasteiger partial charge in [-0.05, 0) is 24.3 Å². The minimum atomic E-state index is -3.49. The number of sulfonamides is 1. The fourth-order valence-corrected chi connectivity index (χ4v) is 3.93. The molecule has 0 saturated carbocycles. The summed E-state index contributed by atoms with van der Waals surface area (Å²) in [7, 11) is -0.535. The molecule has 1 aliphatic rings. The first-order chi connectivity index (χ1) is 13.3. The van der Waals surface area contributed by atoms with Crippen LogP contribution in [0.4, 0.5) is 0 Å². The Morgan fingerprint density at radius 1 is 1.11 bits per heavy atom. The Kier molecular flexibility index (Phi) is 6.11. The van der Waals surface area contributed by atoms with Gasteiger partial charge in [-0.2, -0.15) is 0 Å². The van der Waals surface area contributed by atoms with Crippen molar-refractivity contribution >= 4 is 15.9 Å². The van der Waals surface area contributed by atoms with Gasteiger partial charge in [-0.3, -0.25) is 9.69 Å². The van der Waals surface area contributed by atoms with E-state index in [9.17, 15) is 13.2 Å². The molecule has 0 atom stereocenters. The zero-order chi connectivity index (χ0) is 20.3. The van der Waals surface area contributed by atoms with E-state index in [4.69, 9.17) is 4.42 Å². The highest BCUT2D eigenvalue weighted by atomic mass is 32.2. The van der Waals surface area contributed by atoms with Gasteiger partial charge in [0, 0.05) is 65.7 Å². The Labute approximate surface area is 165 Å². The van der Waals surface area contributed by atoms with E-state index >= 15 is 0 Å². The fraction of sp³-hybridized carbons (Fsp3) is 0.500. The Morgan fingerprint density at radius 3 is 2.29 bits per heavy atom. The Morgan fingerprint density at radius 2 is 1.75 bits per heavy atom. The summed E-state index contributed by atoms with van der Waals surface area (Å²) in [5, 5.41) is 7.82. The van der Waals surface area contributed by atoms with E-state index < -0.39 is 10.0 Å². The summed E-state index contributed by atoms with van der Waals surface area (Å²) in [6.07, 6.45) is 0.691. The highest BCUT2D eigenvalue weighted by Gasteiger charge is 2.23. The van der Waals surface area contributed by atoms with Crippen LogP contribution in [0, 0.1) is 6.92 Å². The normalized spacial score (nSPS) is 15.9. The topological polar surface area (TPSA) is 99.8 Å². The molecule has 28 heavy (non-hydrogen) atoms. The van der Waals surface area contributed by atoms with Crippen molar-refractivity contribution in [1.82, 2.24) is 24.3 Å². The molecular weight excluding hydrogens is 382 g/mol. The van der Waals surface area contributed by atoms with Crippen molar-refractivity contribution in [3.05, 3.63) is 41.6 Å². The molecule has 10 heteroatoms. The van der Waals surface area contributed by atoms with Gasteiger partial charge in [0.1, 0.15) is 0 Å². The minimum Gasteiger partial charge on any atom is -0.426 e. The number of benzene rings is 1. The van der Waals surface area contributed by atoms with Gasteiger partial charge in [0.05, 0.1) is 4.90 Å². The van der Waals surface area contributed by atoms with Crippen LogP contribution in [0.2, 0.25) is 0 Å². The summed E-state index contributed by atoms with van der Waals surface area (Å²) in [6, 6.07) is 6.10. The maximum absolute atomic E-state index is 12.7. The number of carbonyl (C=O) groups is 1. The van der Waals surface area contributed by atoms with Gasteiger partial charge in [-0.25, -0.2) is 12.7 Å². The molecule has 1 aliphatic heterocycles. The first-order valence-corrected chi connectivity index (χ1v) is 10.5. The molecule has 1 amide bonds. The zero-order valence-electron chi connectivity index (χ0n) is 16.3. The number of amides is 1. The largest absolute Gasteiger partial charge is 0.426 e. The maximum Gasteiger partial charge on any atom is 0.253 e. The number of aromatic nitrogens is 2. The third kappa shape index (κ3) is 4.57. The van der Waals surface area contributed by atoms with Gasteiger partial charge in [-0.1, -0.05) is 0 Å². The van der Waals surface area contributed by atoms with Crippen molar-refractivity contribution in [1.29, 1.82) is 0 Å². The summed E-state index contributed by atoms with van der Waals surface area (Å²) in [6.45, 7) is 5.36. The first kappa shape index (κ1) is 20.4. The van der Waals surface area contributed by atoms with Crippen LogP contribution in [0.1, 0.15) is 22.1 Å². The molecule has 9 nitrogen and oxygen atoms in total. The van der Waals surface area contributed by atoms with Gasteiger partial charge >= 0.3 is 0 Å². The van der Waals surface area contributed by atoms with Crippen molar-refractivity contribution in [2.45, 2.75) is 18.2 Å². The lowest BCUT2D eigenvalue weighted by Gasteiger charge is -2.34. The van der Waals surface area contributed by atoms with E-state index in [0.29, 0.717) is 36.9 Å². The Balaban J connectivity index is 1.53. The fourth-order valence-electron chi connectivity index (χ4n) is 3.03. The predicted octanol–water partition coefficient (Wildman–Crippen LogP) is 0.629. The molecule has 0 radical (unpaired) electrons. The van der Waals surface area contributed by atoms with Crippen molar-refractivity contribution in [3.8, 4) is 0 Å². The van der Waals surface area contributed by atoms with Crippen molar-refractivity contribution in [2.24, 2.45) is 0 Å². The SMILES string of the molecule is Cc1nnc(CCN2CCN(C(=O)c3ccc(S(=O)(=O)N(C)C)cc3)CC2)o1. The third-order valence-electron chi connectivity index (χ3n) is 4.75. The van der Waals surface area contributed by atoms with E-state index in [1.807, 2.05) is 0 Å². The van der Waals surface area contributed by atoms with Gasteiger partial charge in [0.25, 0.3) is 5.91 Å². The molecule has 152 valence electrons. The Hall–Kier alpha value is -2.30. The number of carbonyl (C=O) groups excluding carboxylic acids is 1. The van der Waals surface area contributed by atoms with E-state index in [2.05, 4.69) is 15.1 Å². The van der Waals surface area contributed by atoms with Crippen LogP contribution < -0.4 is 0 Å². The molecule has 0 bridgehead atoms. The summed E-state index contributed by atoms with van der Waals surface area (Å²) in [5.74, 6) is 1.11. The number of aryl methyl sites for hydroxylation is 1. The molecular formula is C18H25N5O4S. The summed E-state index contributed by atoms with van der Waals surface area (Å²) >= 11 is 0. The molecule has 1 saturated heterocycles. The second kappa shape index (κ2) is 8.38. The summed E-state index contributed by atoms with van der Waals surface area (Å²) in [5.41, 5.74) is 0.493. The minimum absolute atomic E-state index is 0.0824. The van der Waals surface area contributed by atoms with E-state index in [-0.39, 0.29) is 10.8 Å². The monoisotopic (exact) mass is 407 g/mol. The van der Waals surface area contributed by atoms with Gasteiger partial charge < -0.3 is 9.32 Å². The Bertz CT molecular complexity index is 916. The number of rotatable bonds is 6. The second-order valence-electron chi connectivity index (χ2n) is 6.91. The highest BCUT2D eigenvalue weighted by molar-refractivity contribution is 7.89. The zero-order valence-corrected chi connectivity index (χ0v) is 17.1. The van der Waals surface area contributed by atoms with Crippen LogP contribution in [-0.4, -0.2) is 85.4 Å². The van der Waals surface area contributed by atoms with Crippen molar-refractivity contribution < 1.29 is 17.6 Å². The lowest BCUT2D eigenvalue weighted by Crippen LogP contribution is -2.49. The van der Waals surface area contributed by atoms with Crippen LogP contribution in [0.5, 0.6) is 0 Å². The average Bonchev–Trinajstić information content (AvgIpc) is 3.11. The molecule has 1 aromatic carbocycles. The van der Waals surface area contributed by atoms with Crippen molar-refractivity contribution in [2.75, 3.05) is 46.8 Å². The predicted molar refractivity (Wildman–Crippen MR) is 102 cm³/mol. The molecule has 1 aromatic heterocycles. The maximum atomic E-state index is 12.7. The molecule has 0 aliphatic carbocycles. The standard InChI is InChI=1S/C18H25N5O4S/c1-14-19-20-17(27-14)8-9-22-10-12-23(13-11-22)18(24)15-4-6-16(7-5-15)28(25,26)21(2)3/h4-7H,8-13H2,1-3H3. The first-order valence-electron chi connectivity index (χ1n) is 9.10. The summed E-state index contributed by atoms with van der Waals surface area (Å²) < 4.78 is 30.8. The molecule has 0 unspecified atom stereocenters. The second-order valence-corrected chi connectivity index (χ2v) is 9.06. The van der Waals surface area contributed by atoms with E-state index in [0.717, 1.165) is 23.9 Å². The van der Waals surface area contributed by atoms with E-state index in [1.165, 1.54) is 26.2 Å². The van der Waals surface area contributed by atoms with Crippen molar-refractivity contribution in [3.63, 3.8) is 0 Å². The lowest BCUT2D eigenvalue weighted by molar-refractivity contribution is 0.0636. The highest BCUT2D eigenvalue weighted by Crippen LogP contribution is 2.16. The lowest BCUT2D eigenvalue weighted by atomic mass is 10.2. The van der Waals surface area contributed by atoms with Gasteiger partial charge in [-0.15, -0.1) is 10.2 Å². The summed E-state index contributed by atoms with van der Waals surface area (Å²) in [4.78, 5) is 16.9. The van der Waals surface area contributed by atoms with Crippen LogP contribution in [0.3, 0.4) is 0 Å². The number of nitrogens with zero attached hydrogens (tertiary/aromatic N) is 5. The quantitative estimate of drug-likeness (QED) is 0.692. The van der Waals surface area contributed by atoms with Gasteiger partial charge in [0.15, 0.2) is 0 Å². The third-order valence-corrected chi connectivity index (χ3v) is 6.58. The van der Waals surface area contributed by atoms with Gasteiger partial charge in [0.2, 0.25) is 21.8 Å². The van der Waals surface area contributed by atoms with Crippen LogP contribution in [-0.2, 0) is 16.4 Å². The average molecular weight is 407 g/mol. The van der Waals surface area contributed by atoms with Crippen LogP contribution in [0.15, 0.2) is 33.6 Å². The molecule has 2 heterocycles. The van der Waals surface area contributed by atoms with E-state index in [1.54, 1.807) is 24.0 Å². The molecule has 1 fully saturated rings. The molecule has 0 spiro atoms. The van der Waals surface area contributed by atoms with Crippen LogP contribution in [0.25, 0.3) is 0 Å². The van der Waals surface area contributed by atoms with Crippen LogP contribution >= 0.6 is 0 Å². The number of hydrogen-bond acceptors (Lipinski definition) is 7. The number of piperazine rings is 1. The molecule has 3 rings (SSSR count). The molecule has 2 aromatic rings. The molecule has 0 N–H and O–H groups in total. The smallest absolute Gasteiger partial charge is 0.253 e. The number of hydrogen-bond donors (Lipinski definition) is 0.